The Bertz CT molecular complexity index is 2080. The topological polar surface area (TPSA) is 24.9 Å². The van der Waals surface area contributed by atoms with Gasteiger partial charge in [0.05, 0.1) is 17.4 Å². The smallest absolute Gasteiger partial charge is 0.0873 e. The SMILES string of the molecule is C1=CC(c2cccc(-c3ccc4c(c3)sc3ccccc34)n2)NC(c2ccc3c(c2)sc2ccccc23)=C1. The van der Waals surface area contributed by atoms with Crippen LogP contribution in [0, 0.1) is 0 Å². The van der Waals surface area contributed by atoms with Crippen LogP contribution in [0.4, 0.5) is 0 Å². The number of hydrogen-bond acceptors (Lipinski definition) is 4. The lowest BCUT2D eigenvalue weighted by molar-refractivity contribution is 0.738. The van der Waals surface area contributed by atoms with E-state index in [0.717, 1.165) is 22.6 Å². The summed E-state index contributed by atoms with van der Waals surface area (Å²) in [7, 11) is 0. The molecule has 8 rings (SSSR count). The van der Waals surface area contributed by atoms with Crippen LogP contribution in [0.2, 0.25) is 0 Å². The summed E-state index contributed by atoms with van der Waals surface area (Å²) in [5.74, 6) is 0. The third-order valence-electron chi connectivity index (χ3n) is 7.33. The number of aromatic nitrogens is 1. The van der Waals surface area contributed by atoms with Gasteiger partial charge in [0, 0.05) is 51.6 Å². The Morgan fingerprint density at radius 1 is 0.579 bits per heavy atom. The van der Waals surface area contributed by atoms with E-state index in [1.54, 1.807) is 0 Å². The lowest BCUT2D eigenvalue weighted by Gasteiger charge is -2.22. The van der Waals surface area contributed by atoms with Gasteiger partial charge < -0.3 is 5.32 Å². The van der Waals surface area contributed by atoms with Crippen molar-refractivity contribution in [2.45, 2.75) is 6.04 Å². The first-order chi connectivity index (χ1) is 18.8. The molecule has 1 atom stereocenters. The van der Waals surface area contributed by atoms with Crippen LogP contribution in [-0.4, -0.2) is 4.98 Å². The van der Waals surface area contributed by atoms with Crippen molar-refractivity contribution in [1.82, 2.24) is 10.3 Å². The lowest BCUT2D eigenvalue weighted by atomic mass is 10.0. The Hall–Kier alpha value is -4.25. The van der Waals surface area contributed by atoms with Crippen molar-refractivity contribution < 1.29 is 0 Å². The van der Waals surface area contributed by atoms with Crippen LogP contribution in [0.25, 0.3) is 57.3 Å². The van der Waals surface area contributed by atoms with Crippen LogP contribution in [0.15, 0.2) is 121 Å². The van der Waals surface area contributed by atoms with Crippen LogP contribution in [0.3, 0.4) is 0 Å². The van der Waals surface area contributed by atoms with Crippen molar-refractivity contribution in [1.29, 1.82) is 0 Å². The first-order valence-corrected chi connectivity index (χ1v) is 14.4. The van der Waals surface area contributed by atoms with E-state index in [0.29, 0.717) is 0 Å². The zero-order valence-electron chi connectivity index (χ0n) is 20.4. The molecule has 38 heavy (non-hydrogen) atoms. The molecule has 4 heteroatoms. The Labute approximate surface area is 228 Å². The quantitative estimate of drug-likeness (QED) is 0.250. The van der Waals surface area contributed by atoms with Crippen LogP contribution in [-0.2, 0) is 0 Å². The second kappa shape index (κ2) is 8.66. The number of allylic oxidation sites excluding steroid dienone is 2. The van der Waals surface area contributed by atoms with E-state index in [1.165, 1.54) is 45.9 Å². The van der Waals surface area contributed by atoms with E-state index in [1.807, 2.05) is 22.7 Å². The monoisotopic (exact) mass is 522 g/mol. The molecule has 0 fully saturated rings. The molecule has 2 nitrogen and oxygen atoms in total. The minimum Gasteiger partial charge on any atom is -0.373 e. The lowest BCUT2D eigenvalue weighted by Crippen LogP contribution is -2.21. The number of nitrogens with one attached hydrogen (secondary N) is 1. The Morgan fingerprint density at radius 2 is 1.21 bits per heavy atom. The fourth-order valence-electron chi connectivity index (χ4n) is 5.44. The molecule has 7 aromatic rings. The summed E-state index contributed by atoms with van der Waals surface area (Å²) in [6.07, 6.45) is 6.48. The minimum atomic E-state index is 0.0149. The predicted molar refractivity (Wildman–Crippen MR) is 165 cm³/mol. The average molecular weight is 523 g/mol. The van der Waals surface area contributed by atoms with Crippen LogP contribution >= 0.6 is 22.7 Å². The average Bonchev–Trinajstić information content (AvgIpc) is 3.54. The number of fused-ring (bicyclic) bond motifs is 6. The van der Waals surface area contributed by atoms with Gasteiger partial charge in [-0.2, -0.15) is 0 Å². The van der Waals surface area contributed by atoms with Gasteiger partial charge in [-0.05, 0) is 48.0 Å². The largest absolute Gasteiger partial charge is 0.373 e. The van der Waals surface area contributed by atoms with Crippen molar-refractivity contribution in [3.05, 3.63) is 133 Å². The summed E-state index contributed by atoms with van der Waals surface area (Å²) in [4.78, 5) is 5.10. The molecule has 0 aliphatic carbocycles. The summed E-state index contributed by atoms with van der Waals surface area (Å²) < 4.78 is 5.27. The number of dihydropyridines is 1. The first kappa shape index (κ1) is 21.8. The van der Waals surface area contributed by atoms with Crippen molar-refractivity contribution in [2.75, 3.05) is 0 Å². The number of hydrogen-bond donors (Lipinski definition) is 1. The van der Waals surface area contributed by atoms with Gasteiger partial charge in [0.2, 0.25) is 0 Å². The molecule has 0 radical (unpaired) electrons. The van der Waals surface area contributed by atoms with E-state index < -0.39 is 0 Å². The minimum absolute atomic E-state index is 0.0149. The van der Waals surface area contributed by atoms with Gasteiger partial charge in [-0.3, -0.25) is 4.98 Å². The van der Waals surface area contributed by atoms with Crippen molar-refractivity contribution in [3.63, 3.8) is 0 Å². The summed E-state index contributed by atoms with van der Waals surface area (Å²) in [5.41, 5.74) is 5.49. The number of benzene rings is 4. The standard InChI is InChI=1S/C34H22N2S2/c1-3-13-31-23(7-1)25-17-15-21(19-33(25)37-31)27-9-5-11-29(35-27)30-12-6-10-28(36-30)22-16-18-26-24-8-2-4-14-32(24)38-34(26)20-22/h1-20,29,35H. The second-order valence-corrected chi connectivity index (χ2v) is 11.8. The van der Waals surface area contributed by atoms with E-state index in [-0.39, 0.29) is 6.04 Å². The summed E-state index contributed by atoms with van der Waals surface area (Å²) in [6.45, 7) is 0. The van der Waals surface area contributed by atoms with Crippen molar-refractivity contribution >= 4 is 68.7 Å². The molecule has 0 amide bonds. The molecule has 1 unspecified atom stereocenters. The van der Waals surface area contributed by atoms with Crippen molar-refractivity contribution in [3.8, 4) is 11.3 Å². The second-order valence-electron chi connectivity index (χ2n) is 9.65. The fourth-order valence-corrected chi connectivity index (χ4v) is 7.73. The molecule has 0 spiro atoms. The molecule has 1 aliphatic heterocycles. The van der Waals surface area contributed by atoms with Crippen LogP contribution in [0.1, 0.15) is 17.3 Å². The molecule has 1 N–H and O–H groups in total. The maximum Gasteiger partial charge on any atom is 0.0873 e. The van der Waals surface area contributed by atoms with Gasteiger partial charge in [-0.25, -0.2) is 0 Å². The van der Waals surface area contributed by atoms with E-state index in [4.69, 9.17) is 4.98 Å². The Morgan fingerprint density at radius 3 is 1.95 bits per heavy atom. The first-order valence-electron chi connectivity index (χ1n) is 12.8. The number of rotatable bonds is 3. The van der Waals surface area contributed by atoms with Gasteiger partial charge in [-0.15, -0.1) is 22.7 Å². The fraction of sp³-hybridized carbons (Fsp3) is 0.0294. The maximum absolute atomic E-state index is 5.10. The van der Waals surface area contributed by atoms with Gasteiger partial charge in [0.1, 0.15) is 0 Å². The number of pyridine rings is 1. The highest BCUT2D eigenvalue weighted by Crippen LogP contribution is 2.37. The zero-order valence-corrected chi connectivity index (χ0v) is 22.0. The van der Waals surface area contributed by atoms with Gasteiger partial charge in [-0.1, -0.05) is 78.9 Å². The molecular weight excluding hydrogens is 501 g/mol. The van der Waals surface area contributed by atoms with E-state index in [2.05, 4.69) is 127 Å². The predicted octanol–water partition coefficient (Wildman–Crippen LogP) is 9.73. The van der Waals surface area contributed by atoms with Crippen molar-refractivity contribution in [2.24, 2.45) is 0 Å². The normalized spacial score (nSPS) is 15.4. The molecule has 4 heterocycles. The van der Waals surface area contributed by atoms with E-state index >= 15 is 0 Å². The molecule has 4 aromatic carbocycles. The third-order valence-corrected chi connectivity index (χ3v) is 9.60. The number of nitrogens with zero attached hydrogens (tertiary/aromatic N) is 1. The van der Waals surface area contributed by atoms with Crippen LogP contribution < -0.4 is 5.32 Å². The van der Waals surface area contributed by atoms with Gasteiger partial charge in [0.15, 0.2) is 0 Å². The molecule has 3 aromatic heterocycles. The van der Waals surface area contributed by atoms with E-state index in [9.17, 15) is 0 Å². The van der Waals surface area contributed by atoms with Gasteiger partial charge in [0.25, 0.3) is 0 Å². The summed E-state index contributed by atoms with van der Waals surface area (Å²) >= 11 is 3.70. The maximum atomic E-state index is 5.10. The number of thiophene rings is 2. The summed E-state index contributed by atoms with van der Waals surface area (Å²) in [5, 5.41) is 9.02. The molecule has 0 bridgehead atoms. The highest BCUT2D eigenvalue weighted by Gasteiger charge is 2.17. The third kappa shape index (κ3) is 3.57. The molecule has 0 saturated carbocycles. The van der Waals surface area contributed by atoms with Gasteiger partial charge >= 0.3 is 0 Å². The Kier molecular flexibility index (Phi) is 4.97. The van der Waals surface area contributed by atoms with Crippen LogP contribution in [0.5, 0.6) is 0 Å². The Balaban J connectivity index is 1.11. The highest BCUT2D eigenvalue weighted by molar-refractivity contribution is 7.26. The zero-order chi connectivity index (χ0) is 25.1. The summed E-state index contributed by atoms with van der Waals surface area (Å²) in [6, 6.07) is 37.1. The molecule has 0 saturated heterocycles. The molecule has 180 valence electrons. The highest BCUT2D eigenvalue weighted by atomic mass is 32.1. The molecular formula is C34H22N2S2. The molecule has 1 aliphatic rings.